The average Bonchev–Trinajstić information content (AvgIpc) is 2.73. The number of hydrogen-bond donors (Lipinski definition) is 3. The monoisotopic (exact) mass is 495 g/mol. The standard InChI is InChI=1S/C24H37N3O6S/c1-8-32-19(28)11-12-25-21(29)20(17-13-15(2)9-10-16(17)3)27(7)22(30)18(14-34)26-23(31)33-24(4,5)6/h9-10,13,18,20,34H,8,11-12,14H2,1-7H3,(H,25,29)(H,26,31). The van der Waals surface area contributed by atoms with Crippen LogP contribution in [-0.4, -0.2) is 66.4 Å². The Hall–Kier alpha value is -2.75. The van der Waals surface area contributed by atoms with Gasteiger partial charge in [-0.2, -0.15) is 12.6 Å². The lowest BCUT2D eigenvalue weighted by molar-refractivity contribution is -0.143. The van der Waals surface area contributed by atoms with Crippen molar-refractivity contribution in [2.45, 2.75) is 65.6 Å². The summed E-state index contributed by atoms with van der Waals surface area (Å²) in [5.74, 6) is -1.38. The van der Waals surface area contributed by atoms with Gasteiger partial charge in [-0.15, -0.1) is 0 Å². The van der Waals surface area contributed by atoms with Crippen molar-refractivity contribution in [1.29, 1.82) is 0 Å². The van der Waals surface area contributed by atoms with Crippen LogP contribution in [-0.2, 0) is 23.9 Å². The Morgan fingerprint density at radius 3 is 2.35 bits per heavy atom. The first-order valence-corrected chi connectivity index (χ1v) is 11.8. The number of hydrogen-bond acceptors (Lipinski definition) is 7. The first kappa shape index (κ1) is 29.3. The molecule has 1 aromatic carbocycles. The average molecular weight is 496 g/mol. The number of likely N-dealkylation sites (N-methyl/N-ethyl adjacent to an activating group) is 1. The number of amides is 3. The summed E-state index contributed by atoms with van der Waals surface area (Å²) in [6.07, 6.45) is -0.744. The Balaban J connectivity index is 3.15. The van der Waals surface area contributed by atoms with Crippen LogP contribution in [0.2, 0.25) is 0 Å². The van der Waals surface area contributed by atoms with E-state index in [-0.39, 0.29) is 25.3 Å². The normalized spacial score (nSPS) is 12.8. The van der Waals surface area contributed by atoms with Crippen LogP contribution in [0.1, 0.15) is 56.8 Å². The van der Waals surface area contributed by atoms with Crippen molar-refractivity contribution in [3.05, 3.63) is 34.9 Å². The predicted molar refractivity (Wildman–Crippen MR) is 133 cm³/mol. The fourth-order valence-electron chi connectivity index (χ4n) is 3.21. The molecule has 2 atom stereocenters. The maximum absolute atomic E-state index is 13.3. The SMILES string of the molecule is CCOC(=O)CCNC(=O)C(c1cc(C)ccc1C)N(C)C(=O)C(CS)NC(=O)OC(C)(C)C. The van der Waals surface area contributed by atoms with Gasteiger partial charge in [-0.05, 0) is 52.7 Å². The smallest absolute Gasteiger partial charge is 0.408 e. The molecule has 0 bridgehead atoms. The van der Waals surface area contributed by atoms with E-state index >= 15 is 0 Å². The zero-order valence-corrected chi connectivity index (χ0v) is 22.0. The minimum absolute atomic E-state index is 0.00636. The summed E-state index contributed by atoms with van der Waals surface area (Å²) in [6.45, 7) is 10.9. The highest BCUT2D eigenvalue weighted by molar-refractivity contribution is 7.80. The summed E-state index contributed by atoms with van der Waals surface area (Å²) in [5, 5.41) is 5.24. The molecule has 2 N–H and O–H groups in total. The van der Waals surface area contributed by atoms with Gasteiger partial charge in [0.1, 0.15) is 17.7 Å². The Labute approximate surface area is 207 Å². The first-order valence-electron chi connectivity index (χ1n) is 11.2. The van der Waals surface area contributed by atoms with Crippen LogP contribution < -0.4 is 10.6 Å². The quantitative estimate of drug-likeness (QED) is 0.340. The van der Waals surface area contributed by atoms with Crippen LogP contribution in [0, 0.1) is 13.8 Å². The summed E-state index contributed by atoms with van der Waals surface area (Å²) >= 11 is 4.21. The molecule has 3 amide bonds. The van der Waals surface area contributed by atoms with E-state index in [2.05, 4.69) is 23.3 Å². The molecule has 0 fully saturated rings. The Morgan fingerprint density at radius 1 is 1.15 bits per heavy atom. The van der Waals surface area contributed by atoms with E-state index in [0.29, 0.717) is 5.56 Å². The molecule has 0 spiro atoms. The van der Waals surface area contributed by atoms with Gasteiger partial charge in [-0.1, -0.05) is 23.8 Å². The van der Waals surface area contributed by atoms with Crippen LogP contribution in [0.3, 0.4) is 0 Å². The number of carbonyl (C=O) groups is 4. The third-order valence-electron chi connectivity index (χ3n) is 4.82. The van der Waals surface area contributed by atoms with Crippen molar-refractivity contribution in [3.8, 4) is 0 Å². The molecule has 9 nitrogen and oxygen atoms in total. The van der Waals surface area contributed by atoms with Crippen LogP contribution in [0.4, 0.5) is 4.79 Å². The number of thiol groups is 1. The van der Waals surface area contributed by atoms with E-state index in [1.807, 2.05) is 32.0 Å². The lowest BCUT2D eigenvalue weighted by atomic mass is 9.96. The van der Waals surface area contributed by atoms with E-state index in [4.69, 9.17) is 9.47 Å². The van der Waals surface area contributed by atoms with Gasteiger partial charge in [0, 0.05) is 19.3 Å². The highest BCUT2D eigenvalue weighted by Crippen LogP contribution is 2.25. The minimum Gasteiger partial charge on any atom is -0.466 e. The number of rotatable bonds is 10. The molecular weight excluding hydrogens is 458 g/mol. The number of ether oxygens (including phenoxy) is 2. The van der Waals surface area contributed by atoms with Crippen molar-refractivity contribution < 1.29 is 28.7 Å². The number of alkyl carbamates (subject to hydrolysis) is 1. The van der Waals surface area contributed by atoms with Crippen molar-refractivity contribution in [1.82, 2.24) is 15.5 Å². The molecular formula is C24H37N3O6S. The zero-order chi connectivity index (χ0) is 26.1. The number of carbonyl (C=O) groups excluding carboxylic acids is 4. The zero-order valence-electron chi connectivity index (χ0n) is 21.1. The third kappa shape index (κ3) is 9.24. The van der Waals surface area contributed by atoms with Crippen molar-refractivity contribution in [2.75, 3.05) is 26.0 Å². The van der Waals surface area contributed by atoms with Gasteiger partial charge in [0.2, 0.25) is 11.8 Å². The fraction of sp³-hybridized carbons (Fsp3) is 0.583. The first-order chi connectivity index (χ1) is 15.8. The molecule has 2 unspecified atom stereocenters. The Kier molecular flexibility index (Phi) is 11.4. The molecule has 190 valence electrons. The second-order valence-electron chi connectivity index (χ2n) is 8.94. The number of aryl methyl sites for hydroxylation is 2. The van der Waals surface area contributed by atoms with E-state index in [1.165, 1.54) is 11.9 Å². The van der Waals surface area contributed by atoms with Crippen molar-refractivity contribution >= 4 is 36.5 Å². The highest BCUT2D eigenvalue weighted by atomic mass is 32.1. The van der Waals surface area contributed by atoms with Crippen LogP contribution in [0.15, 0.2) is 18.2 Å². The van der Waals surface area contributed by atoms with Gasteiger partial charge in [-0.25, -0.2) is 4.79 Å². The summed E-state index contributed by atoms with van der Waals surface area (Å²) in [5.41, 5.74) is 1.64. The summed E-state index contributed by atoms with van der Waals surface area (Å²) in [4.78, 5) is 51.7. The number of nitrogens with zero attached hydrogens (tertiary/aromatic N) is 1. The van der Waals surface area contributed by atoms with Gasteiger partial charge in [0.15, 0.2) is 0 Å². The topological polar surface area (TPSA) is 114 Å². The molecule has 10 heteroatoms. The lowest BCUT2D eigenvalue weighted by Crippen LogP contribution is -2.52. The second-order valence-corrected chi connectivity index (χ2v) is 9.30. The summed E-state index contributed by atoms with van der Waals surface area (Å²) in [7, 11) is 1.49. The van der Waals surface area contributed by atoms with Crippen LogP contribution >= 0.6 is 12.6 Å². The van der Waals surface area contributed by atoms with Crippen LogP contribution in [0.5, 0.6) is 0 Å². The van der Waals surface area contributed by atoms with Gasteiger partial charge in [0.05, 0.1) is 13.0 Å². The maximum Gasteiger partial charge on any atom is 0.408 e. The largest absolute Gasteiger partial charge is 0.466 e. The highest BCUT2D eigenvalue weighted by Gasteiger charge is 2.34. The lowest BCUT2D eigenvalue weighted by Gasteiger charge is -2.32. The molecule has 0 heterocycles. The third-order valence-corrected chi connectivity index (χ3v) is 5.18. The fourth-order valence-corrected chi connectivity index (χ4v) is 3.45. The van der Waals surface area contributed by atoms with Gasteiger partial charge < -0.3 is 25.0 Å². The second kappa shape index (κ2) is 13.2. The minimum atomic E-state index is -1.01. The molecule has 1 rings (SSSR count). The van der Waals surface area contributed by atoms with E-state index in [0.717, 1.165) is 11.1 Å². The molecule has 34 heavy (non-hydrogen) atoms. The van der Waals surface area contributed by atoms with Gasteiger partial charge in [-0.3, -0.25) is 14.4 Å². The maximum atomic E-state index is 13.3. The van der Waals surface area contributed by atoms with E-state index < -0.39 is 41.6 Å². The van der Waals surface area contributed by atoms with Crippen molar-refractivity contribution in [2.24, 2.45) is 0 Å². The molecule has 0 saturated carbocycles. The molecule has 0 aromatic heterocycles. The number of esters is 1. The molecule has 0 saturated heterocycles. The van der Waals surface area contributed by atoms with E-state index in [1.54, 1.807) is 27.7 Å². The van der Waals surface area contributed by atoms with Gasteiger partial charge >= 0.3 is 12.1 Å². The number of nitrogens with one attached hydrogen (secondary N) is 2. The predicted octanol–water partition coefficient (Wildman–Crippen LogP) is 2.70. The molecule has 0 aliphatic rings. The molecule has 1 aromatic rings. The van der Waals surface area contributed by atoms with Gasteiger partial charge in [0.25, 0.3) is 0 Å². The molecule has 0 radical (unpaired) electrons. The van der Waals surface area contributed by atoms with E-state index in [9.17, 15) is 19.2 Å². The summed E-state index contributed by atoms with van der Waals surface area (Å²) < 4.78 is 10.1. The van der Waals surface area contributed by atoms with Crippen LogP contribution in [0.25, 0.3) is 0 Å². The Morgan fingerprint density at radius 2 is 1.79 bits per heavy atom. The number of benzene rings is 1. The molecule has 0 aliphatic carbocycles. The summed E-state index contributed by atoms with van der Waals surface area (Å²) in [6, 6.07) is 3.63. The van der Waals surface area contributed by atoms with Crippen molar-refractivity contribution in [3.63, 3.8) is 0 Å². The molecule has 0 aliphatic heterocycles. The Bertz CT molecular complexity index is 884.